The third-order valence-corrected chi connectivity index (χ3v) is 2.30. The minimum Gasteiger partial charge on any atom is -0.444 e. The molecule has 1 unspecified atom stereocenters. The number of nitrogens with zero attached hydrogens (tertiary/aromatic N) is 1. The van der Waals surface area contributed by atoms with Gasteiger partial charge < -0.3 is 14.4 Å². The number of hydrogen-bond acceptors (Lipinski definition) is 3. The van der Waals surface area contributed by atoms with Gasteiger partial charge in [-0.05, 0) is 27.7 Å². The fraction of sp³-hybridized carbons (Fsp3) is 0.769. The SMILES string of the molecule is CC#CCC1CN(C(=O)OC(C)(C)C)CCO1. The summed E-state index contributed by atoms with van der Waals surface area (Å²) in [6.45, 7) is 9.10. The van der Waals surface area contributed by atoms with Crippen molar-refractivity contribution in [2.45, 2.75) is 45.8 Å². The van der Waals surface area contributed by atoms with E-state index in [4.69, 9.17) is 9.47 Å². The molecule has 0 bridgehead atoms. The Balaban J connectivity index is 2.47. The van der Waals surface area contributed by atoms with E-state index in [-0.39, 0.29) is 12.2 Å². The van der Waals surface area contributed by atoms with E-state index in [0.29, 0.717) is 26.1 Å². The fourth-order valence-electron chi connectivity index (χ4n) is 1.55. The molecular formula is C13H21NO3. The Bertz CT molecular complexity index is 322. The van der Waals surface area contributed by atoms with Crippen LogP contribution in [-0.2, 0) is 9.47 Å². The summed E-state index contributed by atoms with van der Waals surface area (Å²) in [7, 11) is 0. The van der Waals surface area contributed by atoms with Gasteiger partial charge in [-0.2, -0.15) is 0 Å². The van der Waals surface area contributed by atoms with Gasteiger partial charge in [0, 0.05) is 13.0 Å². The molecule has 17 heavy (non-hydrogen) atoms. The molecule has 1 aliphatic rings. The lowest BCUT2D eigenvalue weighted by atomic mass is 10.2. The molecule has 96 valence electrons. The number of rotatable bonds is 1. The second-order valence-corrected chi connectivity index (χ2v) is 5.05. The first-order valence-electron chi connectivity index (χ1n) is 5.91. The van der Waals surface area contributed by atoms with E-state index in [0.717, 1.165) is 0 Å². The van der Waals surface area contributed by atoms with E-state index in [1.165, 1.54) is 0 Å². The van der Waals surface area contributed by atoms with E-state index in [1.54, 1.807) is 11.8 Å². The van der Waals surface area contributed by atoms with Crippen molar-refractivity contribution in [3.05, 3.63) is 0 Å². The van der Waals surface area contributed by atoms with Crippen molar-refractivity contribution in [1.82, 2.24) is 4.90 Å². The van der Waals surface area contributed by atoms with Crippen LogP contribution in [0.2, 0.25) is 0 Å². The van der Waals surface area contributed by atoms with Gasteiger partial charge in [0.1, 0.15) is 5.60 Å². The standard InChI is InChI=1S/C13H21NO3/c1-5-6-7-11-10-14(8-9-16-11)12(15)17-13(2,3)4/h11H,7-10H2,1-4H3. The van der Waals surface area contributed by atoms with E-state index < -0.39 is 5.60 Å². The van der Waals surface area contributed by atoms with Crippen molar-refractivity contribution in [2.75, 3.05) is 19.7 Å². The summed E-state index contributed by atoms with van der Waals surface area (Å²) >= 11 is 0. The summed E-state index contributed by atoms with van der Waals surface area (Å²) in [6, 6.07) is 0. The third kappa shape index (κ3) is 5.10. The second-order valence-electron chi connectivity index (χ2n) is 5.05. The van der Waals surface area contributed by atoms with Gasteiger partial charge in [0.05, 0.1) is 19.3 Å². The van der Waals surface area contributed by atoms with Crippen molar-refractivity contribution < 1.29 is 14.3 Å². The van der Waals surface area contributed by atoms with Crippen LogP contribution in [0.3, 0.4) is 0 Å². The monoisotopic (exact) mass is 239 g/mol. The molecule has 1 saturated heterocycles. The first-order valence-corrected chi connectivity index (χ1v) is 5.91. The lowest BCUT2D eigenvalue weighted by Crippen LogP contribution is -2.47. The van der Waals surface area contributed by atoms with Crippen LogP contribution in [0, 0.1) is 11.8 Å². The van der Waals surface area contributed by atoms with Crippen molar-refractivity contribution in [1.29, 1.82) is 0 Å². The number of carbonyl (C=O) groups excluding carboxylic acids is 1. The molecule has 1 fully saturated rings. The quantitative estimate of drug-likeness (QED) is 0.657. The molecule has 0 spiro atoms. The molecule has 1 amide bonds. The molecule has 1 heterocycles. The Labute approximate surface area is 103 Å². The largest absolute Gasteiger partial charge is 0.444 e. The normalized spacial score (nSPS) is 20.5. The molecule has 0 aromatic rings. The van der Waals surface area contributed by atoms with Crippen LogP contribution in [0.15, 0.2) is 0 Å². The van der Waals surface area contributed by atoms with Crippen molar-refractivity contribution in [3.63, 3.8) is 0 Å². The highest BCUT2D eigenvalue weighted by Crippen LogP contribution is 2.14. The first-order chi connectivity index (χ1) is 7.92. The van der Waals surface area contributed by atoms with Gasteiger partial charge in [-0.3, -0.25) is 0 Å². The van der Waals surface area contributed by atoms with Crippen LogP contribution in [0.4, 0.5) is 4.79 Å². The van der Waals surface area contributed by atoms with E-state index in [2.05, 4.69) is 11.8 Å². The van der Waals surface area contributed by atoms with Gasteiger partial charge in [0.15, 0.2) is 0 Å². The van der Waals surface area contributed by atoms with Crippen LogP contribution in [-0.4, -0.2) is 42.4 Å². The molecule has 0 N–H and O–H groups in total. The van der Waals surface area contributed by atoms with Crippen LogP contribution in [0.25, 0.3) is 0 Å². The van der Waals surface area contributed by atoms with E-state index in [1.807, 2.05) is 20.8 Å². The summed E-state index contributed by atoms with van der Waals surface area (Å²) in [5.41, 5.74) is -0.450. The molecule has 4 heteroatoms. The predicted octanol–water partition coefficient (Wildman–Crippen LogP) is 2.04. The molecule has 0 aromatic heterocycles. The van der Waals surface area contributed by atoms with Gasteiger partial charge >= 0.3 is 6.09 Å². The summed E-state index contributed by atoms with van der Waals surface area (Å²) < 4.78 is 10.9. The number of hydrogen-bond donors (Lipinski definition) is 0. The summed E-state index contributed by atoms with van der Waals surface area (Å²) in [6.07, 6.45) is 0.398. The topological polar surface area (TPSA) is 38.8 Å². The van der Waals surface area contributed by atoms with Crippen LogP contribution in [0.1, 0.15) is 34.1 Å². The first kappa shape index (κ1) is 13.9. The van der Waals surface area contributed by atoms with Gasteiger partial charge in [-0.15, -0.1) is 11.8 Å². The molecule has 0 saturated carbocycles. The Kier molecular flexibility index (Phi) is 4.83. The highest BCUT2D eigenvalue weighted by molar-refractivity contribution is 5.68. The zero-order valence-corrected chi connectivity index (χ0v) is 11.1. The molecule has 0 aliphatic carbocycles. The summed E-state index contributed by atoms with van der Waals surface area (Å²) in [4.78, 5) is 13.5. The Morgan fingerprint density at radius 2 is 2.24 bits per heavy atom. The van der Waals surface area contributed by atoms with Gasteiger partial charge in [-0.1, -0.05) is 0 Å². The predicted molar refractivity (Wildman–Crippen MR) is 65.6 cm³/mol. The number of carbonyl (C=O) groups is 1. The van der Waals surface area contributed by atoms with Gasteiger partial charge in [0.2, 0.25) is 0 Å². The zero-order chi connectivity index (χ0) is 12.9. The van der Waals surface area contributed by atoms with Gasteiger partial charge in [-0.25, -0.2) is 4.79 Å². The molecule has 1 atom stereocenters. The average molecular weight is 239 g/mol. The fourth-order valence-corrected chi connectivity index (χ4v) is 1.55. The smallest absolute Gasteiger partial charge is 0.410 e. The second kappa shape index (κ2) is 5.92. The van der Waals surface area contributed by atoms with Crippen molar-refractivity contribution in [3.8, 4) is 11.8 Å². The maximum Gasteiger partial charge on any atom is 0.410 e. The number of ether oxygens (including phenoxy) is 2. The zero-order valence-electron chi connectivity index (χ0n) is 11.1. The molecule has 1 rings (SSSR count). The molecule has 0 aromatic carbocycles. The Hall–Kier alpha value is -1.21. The molecule has 0 radical (unpaired) electrons. The lowest BCUT2D eigenvalue weighted by Gasteiger charge is -2.33. The number of morpholine rings is 1. The summed E-state index contributed by atoms with van der Waals surface area (Å²) in [5.74, 6) is 5.80. The maximum absolute atomic E-state index is 11.8. The number of amides is 1. The van der Waals surface area contributed by atoms with Crippen LogP contribution >= 0.6 is 0 Å². The Morgan fingerprint density at radius 1 is 1.53 bits per heavy atom. The van der Waals surface area contributed by atoms with Crippen LogP contribution in [0.5, 0.6) is 0 Å². The molecule has 1 aliphatic heterocycles. The third-order valence-electron chi connectivity index (χ3n) is 2.30. The maximum atomic E-state index is 11.8. The lowest BCUT2D eigenvalue weighted by molar-refractivity contribution is -0.0399. The summed E-state index contributed by atoms with van der Waals surface area (Å²) in [5, 5.41) is 0. The van der Waals surface area contributed by atoms with Crippen LogP contribution < -0.4 is 0 Å². The molecule has 4 nitrogen and oxygen atoms in total. The average Bonchev–Trinajstić information content (AvgIpc) is 2.24. The Morgan fingerprint density at radius 3 is 2.82 bits per heavy atom. The minimum absolute atomic E-state index is 0.00344. The highest BCUT2D eigenvalue weighted by Gasteiger charge is 2.27. The highest BCUT2D eigenvalue weighted by atomic mass is 16.6. The molecular weight excluding hydrogens is 218 g/mol. The van der Waals surface area contributed by atoms with Crippen molar-refractivity contribution >= 4 is 6.09 Å². The minimum atomic E-state index is -0.450. The van der Waals surface area contributed by atoms with Crippen molar-refractivity contribution in [2.24, 2.45) is 0 Å². The van der Waals surface area contributed by atoms with E-state index in [9.17, 15) is 4.79 Å². The van der Waals surface area contributed by atoms with Gasteiger partial charge in [0.25, 0.3) is 0 Å². The van der Waals surface area contributed by atoms with E-state index >= 15 is 0 Å².